The first kappa shape index (κ1) is 23.1. The number of sulfonamides is 1. The van der Waals surface area contributed by atoms with Gasteiger partial charge in [-0.15, -0.1) is 12.4 Å². The van der Waals surface area contributed by atoms with Crippen LogP contribution in [0, 0.1) is 5.82 Å². The maximum Gasteiger partial charge on any atom is 0.245 e. The number of aromatic nitrogens is 2. The standard InChI is InChI=1S/C20H22FN5O3S.ClH/c21-15-5-1-2-7-17(15)30(27,28)26-10-8-14(9-11-26)29-12-13-4-3-6-16-18(13)19(22)25-20(23)24-16;/h1-7,14H,8-12H2,(H4,22,23,24,25);1H. The van der Waals surface area contributed by atoms with Crippen LogP contribution in [0.3, 0.4) is 0 Å². The molecule has 0 aliphatic carbocycles. The lowest BCUT2D eigenvalue weighted by molar-refractivity contribution is 0.0107. The van der Waals surface area contributed by atoms with E-state index in [4.69, 9.17) is 16.2 Å². The van der Waals surface area contributed by atoms with Gasteiger partial charge in [-0.3, -0.25) is 0 Å². The minimum absolute atomic E-state index is 0. The highest BCUT2D eigenvalue weighted by Crippen LogP contribution is 2.27. The monoisotopic (exact) mass is 467 g/mol. The molecule has 0 spiro atoms. The fourth-order valence-electron chi connectivity index (χ4n) is 3.66. The quantitative estimate of drug-likeness (QED) is 0.591. The molecule has 11 heteroatoms. The van der Waals surface area contributed by atoms with Gasteiger partial charge in [-0.25, -0.2) is 17.8 Å². The topological polar surface area (TPSA) is 124 Å². The first-order chi connectivity index (χ1) is 14.4. The van der Waals surface area contributed by atoms with Gasteiger partial charge < -0.3 is 16.2 Å². The molecule has 0 amide bonds. The van der Waals surface area contributed by atoms with Gasteiger partial charge >= 0.3 is 0 Å². The van der Waals surface area contributed by atoms with Crippen LogP contribution in [0.5, 0.6) is 0 Å². The van der Waals surface area contributed by atoms with E-state index in [1.165, 1.54) is 22.5 Å². The molecule has 0 unspecified atom stereocenters. The summed E-state index contributed by atoms with van der Waals surface area (Å²) in [6.45, 7) is 0.816. The highest BCUT2D eigenvalue weighted by molar-refractivity contribution is 7.89. The smallest absolute Gasteiger partial charge is 0.245 e. The zero-order chi connectivity index (χ0) is 21.3. The third-order valence-corrected chi connectivity index (χ3v) is 7.12. The maximum absolute atomic E-state index is 14.0. The Hall–Kier alpha value is -2.53. The second-order valence-corrected chi connectivity index (χ2v) is 9.03. The summed E-state index contributed by atoms with van der Waals surface area (Å²) in [5, 5.41) is 0.700. The SMILES string of the molecule is Cl.Nc1nc(N)c2c(COC3CCN(S(=O)(=O)c4ccccc4F)CC3)cccc2n1. The summed E-state index contributed by atoms with van der Waals surface area (Å²) in [5.41, 5.74) is 13.1. The van der Waals surface area contributed by atoms with Gasteiger partial charge in [0.05, 0.1) is 18.2 Å². The number of nitrogens with zero attached hydrogens (tertiary/aromatic N) is 3. The van der Waals surface area contributed by atoms with Gasteiger partial charge in [0.2, 0.25) is 16.0 Å². The molecule has 8 nitrogen and oxygen atoms in total. The van der Waals surface area contributed by atoms with Gasteiger partial charge in [-0.1, -0.05) is 24.3 Å². The molecule has 3 aromatic rings. The lowest BCUT2D eigenvalue weighted by atomic mass is 10.1. The van der Waals surface area contributed by atoms with Crippen molar-refractivity contribution in [2.24, 2.45) is 0 Å². The van der Waals surface area contributed by atoms with Gasteiger partial charge in [0, 0.05) is 18.5 Å². The first-order valence-electron chi connectivity index (χ1n) is 9.53. The van der Waals surface area contributed by atoms with Crippen molar-refractivity contribution in [2.75, 3.05) is 24.6 Å². The van der Waals surface area contributed by atoms with E-state index < -0.39 is 15.8 Å². The van der Waals surface area contributed by atoms with E-state index in [-0.39, 0.29) is 42.4 Å². The van der Waals surface area contributed by atoms with Crippen LogP contribution < -0.4 is 11.5 Å². The summed E-state index contributed by atoms with van der Waals surface area (Å²) >= 11 is 0. The second-order valence-electron chi connectivity index (χ2n) is 7.12. The minimum atomic E-state index is -3.86. The number of piperidine rings is 1. The highest BCUT2D eigenvalue weighted by Gasteiger charge is 2.31. The molecule has 0 saturated carbocycles. The molecule has 4 rings (SSSR count). The van der Waals surface area contributed by atoms with E-state index in [1.54, 1.807) is 6.07 Å². The van der Waals surface area contributed by atoms with E-state index in [0.717, 1.165) is 11.6 Å². The summed E-state index contributed by atoms with van der Waals surface area (Å²) in [6, 6.07) is 10.9. The highest BCUT2D eigenvalue weighted by atomic mass is 35.5. The lowest BCUT2D eigenvalue weighted by Crippen LogP contribution is -2.41. The number of nitrogens with two attached hydrogens (primary N) is 2. The van der Waals surface area contributed by atoms with Gasteiger partial charge in [0.25, 0.3) is 0 Å². The number of halogens is 2. The molecule has 0 atom stereocenters. The van der Waals surface area contributed by atoms with Crippen molar-refractivity contribution in [2.45, 2.75) is 30.4 Å². The third-order valence-electron chi connectivity index (χ3n) is 5.18. The number of benzene rings is 2. The molecule has 1 aliphatic heterocycles. The van der Waals surface area contributed by atoms with Crippen molar-refractivity contribution in [3.05, 3.63) is 53.8 Å². The minimum Gasteiger partial charge on any atom is -0.383 e. The van der Waals surface area contributed by atoms with E-state index in [9.17, 15) is 12.8 Å². The molecule has 1 saturated heterocycles. The normalized spacial score (nSPS) is 15.6. The van der Waals surface area contributed by atoms with Gasteiger partial charge in [0.1, 0.15) is 16.5 Å². The predicted octanol–water partition coefficient (Wildman–Crippen LogP) is 2.73. The average Bonchev–Trinajstić information content (AvgIpc) is 2.72. The molecule has 0 bridgehead atoms. The summed E-state index contributed by atoms with van der Waals surface area (Å²) < 4.78 is 46.7. The van der Waals surface area contributed by atoms with E-state index in [0.29, 0.717) is 36.2 Å². The van der Waals surface area contributed by atoms with Gasteiger partial charge in [-0.05, 0) is 36.6 Å². The molecule has 0 radical (unpaired) electrons. The van der Waals surface area contributed by atoms with Crippen LogP contribution in [0.15, 0.2) is 47.4 Å². The Morgan fingerprint density at radius 2 is 1.77 bits per heavy atom. The Balaban J connectivity index is 0.00000272. The molecular weight excluding hydrogens is 445 g/mol. The number of anilines is 2. The molecule has 2 heterocycles. The molecule has 166 valence electrons. The number of hydrogen-bond acceptors (Lipinski definition) is 7. The fourth-order valence-corrected chi connectivity index (χ4v) is 5.20. The molecule has 4 N–H and O–H groups in total. The number of rotatable bonds is 5. The van der Waals surface area contributed by atoms with Crippen molar-refractivity contribution >= 4 is 45.1 Å². The van der Waals surface area contributed by atoms with Crippen LogP contribution in [0.2, 0.25) is 0 Å². The molecule has 2 aromatic carbocycles. The number of fused-ring (bicyclic) bond motifs is 1. The van der Waals surface area contributed by atoms with Gasteiger partial charge in [-0.2, -0.15) is 9.29 Å². The third kappa shape index (κ3) is 4.72. The molecule has 1 aliphatic rings. The first-order valence-corrected chi connectivity index (χ1v) is 11.0. The Bertz CT molecular complexity index is 1190. The summed E-state index contributed by atoms with van der Waals surface area (Å²) in [5.74, 6) is -0.337. The molecule has 1 fully saturated rings. The Morgan fingerprint density at radius 1 is 1.06 bits per heavy atom. The van der Waals surface area contributed by atoms with Crippen molar-refractivity contribution < 1.29 is 17.5 Å². The number of nitrogen functional groups attached to an aromatic ring is 2. The Kier molecular flexibility index (Phi) is 6.95. The molecule has 1 aromatic heterocycles. The van der Waals surface area contributed by atoms with E-state index >= 15 is 0 Å². The predicted molar refractivity (Wildman–Crippen MR) is 119 cm³/mol. The lowest BCUT2D eigenvalue weighted by Gasteiger charge is -2.31. The van der Waals surface area contributed by atoms with Crippen LogP contribution in [-0.4, -0.2) is 41.9 Å². The Morgan fingerprint density at radius 3 is 2.48 bits per heavy atom. The van der Waals surface area contributed by atoms with Crippen molar-refractivity contribution in [3.63, 3.8) is 0 Å². The molecular formula is C20H23ClFN5O3S. The van der Waals surface area contributed by atoms with Crippen LogP contribution in [-0.2, 0) is 21.4 Å². The zero-order valence-electron chi connectivity index (χ0n) is 16.6. The van der Waals surface area contributed by atoms with Crippen molar-refractivity contribution in [1.82, 2.24) is 14.3 Å². The maximum atomic E-state index is 14.0. The number of ether oxygens (including phenoxy) is 1. The van der Waals surface area contributed by atoms with Crippen molar-refractivity contribution in [3.8, 4) is 0 Å². The van der Waals surface area contributed by atoms with Crippen LogP contribution in [0.4, 0.5) is 16.2 Å². The second kappa shape index (κ2) is 9.31. The fraction of sp³-hybridized carbons (Fsp3) is 0.300. The number of hydrogen-bond donors (Lipinski definition) is 2. The van der Waals surface area contributed by atoms with Crippen molar-refractivity contribution in [1.29, 1.82) is 0 Å². The van der Waals surface area contributed by atoms with E-state index in [2.05, 4.69) is 9.97 Å². The van der Waals surface area contributed by atoms with E-state index in [1.807, 2.05) is 12.1 Å². The van der Waals surface area contributed by atoms with Crippen LogP contribution in [0.25, 0.3) is 10.9 Å². The summed E-state index contributed by atoms with van der Waals surface area (Å²) in [7, 11) is -3.86. The average molecular weight is 468 g/mol. The van der Waals surface area contributed by atoms with Gasteiger partial charge in [0.15, 0.2) is 0 Å². The zero-order valence-corrected chi connectivity index (χ0v) is 18.2. The Labute approximate surface area is 185 Å². The van der Waals surface area contributed by atoms with Crippen LogP contribution in [0.1, 0.15) is 18.4 Å². The summed E-state index contributed by atoms with van der Waals surface area (Å²) in [6.07, 6.45) is 0.901. The summed E-state index contributed by atoms with van der Waals surface area (Å²) in [4.78, 5) is 7.91. The van der Waals surface area contributed by atoms with Crippen LogP contribution >= 0.6 is 12.4 Å². The largest absolute Gasteiger partial charge is 0.383 e. The molecule has 31 heavy (non-hydrogen) atoms.